The van der Waals surface area contributed by atoms with E-state index in [4.69, 9.17) is 15.6 Å². The van der Waals surface area contributed by atoms with Crippen molar-refractivity contribution < 1.29 is 24.2 Å². The van der Waals surface area contributed by atoms with E-state index in [9.17, 15) is 14.4 Å². The summed E-state index contributed by atoms with van der Waals surface area (Å²) in [5.74, 6) is -2.35. The lowest BCUT2D eigenvalue weighted by atomic mass is 10.3. The normalized spacial score (nSPS) is 11.8. The van der Waals surface area contributed by atoms with Crippen LogP contribution in [-0.4, -0.2) is 35.6 Å². The summed E-state index contributed by atoms with van der Waals surface area (Å²) in [7, 11) is 0. The van der Waals surface area contributed by atoms with E-state index in [1.165, 1.54) is 13.0 Å². The summed E-state index contributed by atoms with van der Waals surface area (Å²) in [4.78, 5) is 32.9. The number of hydrogen-bond donors (Lipinski definition) is 3. The Balaban J connectivity index is 2.52. The fourth-order valence-corrected chi connectivity index (χ4v) is 1.84. The maximum atomic E-state index is 11.4. The standard InChI is InChI=1S/C10H12N2O5S/c1-5(10(15)16)17-4-7(13)12-9-6(8(11)14)2-3-18-9/h2-3,5H,4H2,1H3,(H2,11,14)(H,12,13)(H,15,16)/t5-/m1/s1. The minimum absolute atomic E-state index is 0.208. The highest BCUT2D eigenvalue weighted by Crippen LogP contribution is 2.22. The molecule has 0 fully saturated rings. The quantitative estimate of drug-likeness (QED) is 0.687. The lowest BCUT2D eigenvalue weighted by molar-refractivity contribution is -0.150. The molecule has 4 N–H and O–H groups in total. The van der Waals surface area contributed by atoms with Gasteiger partial charge in [0.15, 0.2) is 6.10 Å². The molecule has 0 aromatic carbocycles. The van der Waals surface area contributed by atoms with Gasteiger partial charge < -0.3 is 20.9 Å². The van der Waals surface area contributed by atoms with Crippen LogP contribution in [0.3, 0.4) is 0 Å². The number of anilines is 1. The predicted molar refractivity (Wildman–Crippen MR) is 64.5 cm³/mol. The Labute approximate surface area is 107 Å². The van der Waals surface area contributed by atoms with Gasteiger partial charge in [-0.2, -0.15) is 0 Å². The highest BCUT2D eigenvalue weighted by Gasteiger charge is 2.15. The molecule has 1 aromatic heterocycles. The van der Waals surface area contributed by atoms with Crippen molar-refractivity contribution >= 4 is 34.1 Å². The van der Waals surface area contributed by atoms with E-state index >= 15 is 0 Å². The molecular weight excluding hydrogens is 260 g/mol. The zero-order valence-electron chi connectivity index (χ0n) is 9.50. The number of aliphatic carboxylic acids is 1. The molecule has 1 rings (SSSR count). The third-order valence-corrected chi connectivity index (χ3v) is 2.83. The number of carbonyl (C=O) groups excluding carboxylic acids is 2. The Morgan fingerprint density at radius 3 is 2.78 bits per heavy atom. The van der Waals surface area contributed by atoms with E-state index in [0.29, 0.717) is 5.00 Å². The molecule has 0 aliphatic heterocycles. The van der Waals surface area contributed by atoms with Crippen LogP contribution in [0.25, 0.3) is 0 Å². The van der Waals surface area contributed by atoms with Crippen LogP contribution in [0.15, 0.2) is 11.4 Å². The number of amides is 2. The molecule has 98 valence electrons. The van der Waals surface area contributed by atoms with Gasteiger partial charge in [0, 0.05) is 0 Å². The first-order valence-electron chi connectivity index (χ1n) is 4.93. The summed E-state index contributed by atoms with van der Waals surface area (Å²) in [6.45, 7) is 0.902. The van der Waals surface area contributed by atoms with E-state index in [-0.39, 0.29) is 5.56 Å². The third-order valence-electron chi connectivity index (χ3n) is 2.00. The lowest BCUT2D eigenvalue weighted by Gasteiger charge is -2.08. The van der Waals surface area contributed by atoms with Crippen molar-refractivity contribution in [2.24, 2.45) is 5.73 Å². The van der Waals surface area contributed by atoms with Crippen molar-refractivity contribution in [3.05, 3.63) is 17.0 Å². The SMILES string of the molecule is C[C@@H](OCC(=O)Nc1sccc1C(N)=O)C(=O)O. The second-order valence-electron chi connectivity index (χ2n) is 3.37. The van der Waals surface area contributed by atoms with Crippen LogP contribution in [0.2, 0.25) is 0 Å². The van der Waals surface area contributed by atoms with Gasteiger partial charge in [-0.1, -0.05) is 0 Å². The molecule has 0 bridgehead atoms. The van der Waals surface area contributed by atoms with Gasteiger partial charge in [-0.15, -0.1) is 11.3 Å². The third kappa shape index (κ3) is 3.82. The number of nitrogens with one attached hydrogen (secondary N) is 1. The largest absolute Gasteiger partial charge is 0.479 e. The number of carboxylic acid groups (broad SMARTS) is 1. The van der Waals surface area contributed by atoms with Gasteiger partial charge in [0.05, 0.1) is 5.56 Å². The second kappa shape index (κ2) is 6.12. The number of nitrogens with two attached hydrogens (primary N) is 1. The summed E-state index contributed by atoms with van der Waals surface area (Å²) >= 11 is 1.14. The molecule has 0 spiro atoms. The molecule has 0 aliphatic rings. The molecule has 8 heteroatoms. The first-order chi connectivity index (χ1) is 8.41. The van der Waals surface area contributed by atoms with Crippen LogP contribution in [0.4, 0.5) is 5.00 Å². The minimum atomic E-state index is -1.16. The maximum Gasteiger partial charge on any atom is 0.332 e. The van der Waals surface area contributed by atoms with Crippen LogP contribution in [0, 0.1) is 0 Å². The molecule has 1 atom stereocenters. The van der Waals surface area contributed by atoms with Crippen LogP contribution < -0.4 is 11.1 Å². The molecule has 2 amide bonds. The van der Waals surface area contributed by atoms with Crippen LogP contribution in [-0.2, 0) is 14.3 Å². The number of rotatable bonds is 6. The number of thiophene rings is 1. The Kier molecular flexibility index (Phi) is 4.81. The Morgan fingerprint density at radius 1 is 1.56 bits per heavy atom. The molecule has 0 radical (unpaired) electrons. The highest BCUT2D eigenvalue weighted by atomic mass is 32.1. The second-order valence-corrected chi connectivity index (χ2v) is 4.28. The fourth-order valence-electron chi connectivity index (χ4n) is 1.03. The van der Waals surface area contributed by atoms with Crippen LogP contribution in [0.1, 0.15) is 17.3 Å². The topological polar surface area (TPSA) is 119 Å². The fraction of sp³-hybridized carbons (Fsp3) is 0.300. The van der Waals surface area contributed by atoms with Crippen LogP contribution >= 0.6 is 11.3 Å². The van der Waals surface area contributed by atoms with Crippen molar-refractivity contribution in [3.63, 3.8) is 0 Å². The van der Waals surface area contributed by atoms with Crippen molar-refractivity contribution in [2.45, 2.75) is 13.0 Å². The molecule has 7 nitrogen and oxygen atoms in total. The van der Waals surface area contributed by atoms with Gasteiger partial charge in [0.1, 0.15) is 11.6 Å². The van der Waals surface area contributed by atoms with Crippen molar-refractivity contribution in [2.75, 3.05) is 11.9 Å². The molecule has 0 saturated heterocycles. The van der Waals surface area contributed by atoms with Crippen LogP contribution in [0.5, 0.6) is 0 Å². The Bertz CT molecular complexity index is 471. The van der Waals surface area contributed by atoms with Gasteiger partial charge in [-0.25, -0.2) is 4.79 Å². The minimum Gasteiger partial charge on any atom is -0.479 e. The van der Waals surface area contributed by atoms with E-state index in [2.05, 4.69) is 5.32 Å². The average Bonchev–Trinajstić information content (AvgIpc) is 2.73. The van der Waals surface area contributed by atoms with Crippen molar-refractivity contribution in [1.29, 1.82) is 0 Å². The van der Waals surface area contributed by atoms with Gasteiger partial charge in [0.2, 0.25) is 0 Å². The van der Waals surface area contributed by atoms with E-state index in [1.807, 2.05) is 0 Å². The highest BCUT2D eigenvalue weighted by molar-refractivity contribution is 7.14. The summed E-state index contributed by atoms with van der Waals surface area (Å²) in [5.41, 5.74) is 5.31. The Morgan fingerprint density at radius 2 is 2.22 bits per heavy atom. The number of carbonyl (C=O) groups is 3. The van der Waals surface area contributed by atoms with Gasteiger partial charge >= 0.3 is 5.97 Å². The molecule has 0 saturated carbocycles. The number of ether oxygens (including phenoxy) is 1. The first kappa shape index (κ1) is 14.1. The molecule has 1 aromatic rings. The lowest BCUT2D eigenvalue weighted by Crippen LogP contribution is -2.26. The van der Waals surface area contributed by atoms with Crippen molar-refractivity contribution in [3.8, 4) is 0 Å². The molecule has 1 heterocycles. The summed E-state index contributed by atoms with van der Waals surface area (Å²) in [6.07, 6.45) is -1.07. The average molecular weight is 272 g/mol. The van der Waals surface area contributed by atoms with Gasteiger partial charge in [0.25, 0.3) is 11.8 Å². The smallest absolute Gasteiger partial charge is 0.332 e. The van der Waals surface area contributed by atoms with E-state index in [1.54, 1.807) is 5.38 Å². The summed E-state index contributed by atoms with van der Waals surface area (Å²) in [6, 6.07) is 1.49. The molecule has 0 aliphatic carbocycles. The number of hydrogen-bond acceptors (Lipinski definition) is 5. The van der Waals surface area contributed by atoms with Gasteiger partial charge in [-0.05, 0) is 18.4 Å². The maximum absolute atomic E-state index is 11.4. The van der Waals surface area contributed by atoms with E-state index in [0.717, 1.165) is 11.3 Å². The molecular formula is C10H12N2O5S. The zero-order valence-corrected chi connectivity index (χ0v) is 10.3. The first-order valence-corrected chi connectivity index (χ1v) is 5.81. The zero-order chi connectivity index (χ0) is 13.7. The molecule has 18 heavy (non-hydrogen) atoms. The monoisotopic (exact) mass is 272 g/mol. The summed E-state index contributed by atoms with van der Waals surface area (Å²) < 4.78 is 4.79. The molecule has 0 unspecified atom stereocenters. The number of primary amides is 1. The van der Waals surface area contributed by atoms with Crippen molar-refractivity contribution in [1.82, 2.24) is 0 Å². The predicted octanol–water partition coefficient (Wildman–Crippen LogP) is 0.275. The number of carboxylic acids is 1. The Hall–Kier alpha value is -1.93. The summed E-state index contributed by atoms with van der Waals surface area (Å²) in [5, 5.41) is 12.9. The van der Waals surface area contributed by atoms with Gasteiger partial charge in [-0.3, -0.25) is 9.59 Å². The van der Waals surface area contributed by atoms with E-state index < -0.39 is 30.5 Å².